The maximum atomic E-state index is 14.0. The Labute approximate surface area is 218 Å². The standard InChI is InChI=1S/C31H34N2O4/c34-29(35)27-15-17-28(18-16-27)33(21-23-11-13-26(14-12-23)25-9-5-2-6-10-25)30(36)31(19-20-32-31)37-22-24-7-3-1-4-8-24/h1,3-4,7-8,11-18,25,32H,2,5-6,9-10,19-22H2,(H,34,35)/t31-/m1/s1. The molecule has 2 aliphatic rings. The molecule has 2 N–H and O–H groups in total. The lowest BCUT2D eigenvalue weighted by atomic mass is 9.84. The van der Waals surface area contributed by atoms with Crippen molar-refractivity contribution in [3.63, 3.8) is 0 Å². The van der Waals surface area contributed by atoms with Gasteiger partial charge in [-0.3, -0.25) is 10.1 Å². The van der Waals surface area contributed by atoms with Gasteiger partial charge in [0.2, 0.25) is 5.72 Å². The fraction of sp³-hybridized carbons (Fsp3) is 0.355. The summed E-state index contributed by atoms with van der Waals surface area (Å²) in [6, 6.07) is 24.9. The fourth-order valence-electron chi connectivity index (χ4n) is 5.30. The molecule has 37 heavy (non-hydrogen) atoms. The molecular formula is C31H34N2O4. The lowest BCUT2D eigenvalue weighted by molar-refractivity contribution is -0.166. The van der Waals surface area contributed by atoms with Crippen LogP contribution in [0, 0.1) is 0 Å². The zero-order chi connectivity index (χ0) is 25.7. The van der Waals surface area contributed by atoms with Crippen LogP contribution >= 0.6 is 0 Å². The molecule has 0 bridgehead atoms. The molecule has 3 aromatic carbocycles. The maximum absolute atomic E-state index is 14.0. The summed E-state index contributed by atoms with van der Waals surface area (Å²) >= 11 is 0. The molecule has 5 rings (SSSR count). The first kappa shape index (κ1) is 25.2. The predicted octanol–water partition coefficient (Wildman–Crippen LogP) is 5.87. The Balaban J connectivity index is 1.39. The molecule has 1 aliphatic heterocycles. The van der Waals surface area contributed by atoms with Crippen LogP contribution in [-0.4, -0.2) is 29.3 Å². The van der Waals surface area contributed by atoms with Crippen molar-refractivity contribution in [2.45, 2.75) is 63.3 Å². The lowest BCUT2D eigenvalue weighted by Crippen LogP contribution is -2.67. The average Bonchev–Trinajstić information content (AvgIpc) is 2.92. The highest BCUT2D eigenvalue weighted by Crippen LogP contribution is 2.33. The molecule has 6 heteroatoms. The van der Waals surface area contributed by atoms with Crippen LogP contribution in [0.3, 0.4) is 0 Å². The van der Waals surface area contributed by atoms with Gasteiger partial charge in [0.05, 0.1) is 18.7 Å². The highest BCUT2D eigenvalue weighted by Gasteiger charge is 2.48. The molecule has 1 amide bonds. The molecule has 1 saturated heterocycles. The van der Waals surface area contributed by atoms with Crippen LogP contribution in [0.4, 0.5) is 5.69 Å². The Kier molecular flexibility index (Phi) is 7.68. The van der Waals surface area contributed by atoms with Gasteiger partial charge < -0.3 is 14.7 Å². The predicted molar refractivity (Wildman–Crippen MR) is 143 cm³/mol. The Bertz CT molecular complexity index is 1200. The SMILES string of the molecule is O=C(O)c1ccc(N(Cc2ccc(C3CCCCC3)cc2)C(=O)[C@]2(OCc3ccccc3)CCN2)cc1. The molecule has 6 nitrogen and oxygen atoms in total. The molecule has 0 aromatic heterocycles. The monoisotopic (exact) mass is 498 g/mol. The third kappa shape index (κ3) is 5.76. The third-order valence-electron chi connectivity index (χ3n) is 7.63. The van der Waals surface area contributed by atoms with E-state index in [0.717, 1.165) is 11.1 Å². The van der Waals surface area contributed by atoms with Crippen molar-refractivity contribution in [3.8, 4) is 0 Å². The van der Waals surface area contributed by atoms with Gasteiger partial charge in [0, 0.05) is 18.7 Å². The first-order valence-electron chi connectivity index (χ1n) is 13.2. The van der Waals surface area contributed by atoms with Crippen LogP contribution < -0.4 is 10.2 Å². The average molecular weight is 499 g/mol. The number of rotatable bonds is 9. The minimum atomic E-state index is -1.11. The van der Waals surface area contributed by atoms with Gasteiger partial charge in [0.25, 0.3) is 5.91 Å². The number of carboxylic acid groups (broad SMARTS) is 1. The van der Waals surface area contributed by atoms with Crippen LogP contribution in [0.1, 0.15) is 71.5 Å². The number of amides is 1. The van der Waals surface area contributed by atoms with E-state index < -0.39 is 11.7 Å². The third-order valence-corrected chi connectivity index (χ3v) is 7.63. The van der Waals surface area contributed by atoms with Gasteiger partial charge >= 0.3 is 5.97 Å². The van der Waals surface area contributed by atoms with E-state index in [1.165, 1.54) is 49.8 Å². The van der Waals surface area contributed by atoms with Gasteiger partial charge in [-0.25, -0.2) is 4.79 Å². The lowest BCUT2D eigenvalue weighted by Gasteiger charge is -2.44. The summed E-state index contributed by atoms with van der Waals surface area (Å²) < 4.78 is 6.22. The molecule has 3 aromatic rings. The fourth-order valence-corrected chi connectivity index (χ4v) is 5.30. The van der Waals surface area contributed by atoms with Gasteiger partial charge in [-0.1, -0.05) is 73.9 Å². The second kappa shape index (κ2) is 11.3. The summed E-state index contributed by atoms with van der Waals surface area (Å²) in [7, 11) is 0. The Morgan fingerprint density at radius 2 is 1.57 bits per heavy atom. The Morgan fingerprint density at radius 3 is 2.16 bits per heavy atom. The largest absolute Gasteiger partial charge is 0.478 e. The number of nitrogens with zero attached hydrogens (tertiary/aromatic N) is 1. The summed E-state index contributed by atoms with van der Waals surface area (Å²) in [5.74, 6) is -0.543. The number of aromatic carboxylic acids is 1. The number of ether oxygens (including phenoxy) is 1. The van der Waals surface area contributed by atoms with Gasteiger partial charge in [-0.05, 0) is 59.7 Å². The van der Waals surface area contributed by atoms with Crippen molar-refractivity contribution in [1.29, 1.82) is 0 Å². The van der Waals surface area contributed by atoms with Gasteiger partial charge in [-0.15, -0.1) is 0 Å². The molecule has 192 valence electrons. The zero-order valence-corrected chi connectivity index (χ0v) is 21.1. The highest BCUT2D eigenvalue weighted by atomic mass is 16.5. The number of carboxylic acids is 1. The van der Waals surface area contributed by atoms with Crippen molar-refractivity contribution in [1.82, 2.24) is 5.32 Å². The molecule has 1 atom stereocenters. The molecule has 0 radical (unpaired) electrons. The maximum Gasteiger partial charge on any atom is 0.335 e. The molecule has 1 saturated carbocycles. The van der Waals surface area contributed by atoms with E-state index in [0.29, 0.717) is 37.7 Å². The highest BCUT2D eigenvalue weighted by molar-refractivity contribution is 6.00. The number of carbonyl (C=O) groups is 2. The van der Waals surface area contributed by atoms with Crippen molar-refractivity contribution >= 4 is 17.6 Å². The number of anilines is 1. The second-order valence-corrected chi connectivity index (χ2v) is 10.1. The molecular weight excluding hydrogens is 464 g/mol. The van der Waals surface area contributed by atoms with E-state index in [9.17, 15) is 14.7 Å². The van der Waals surface area contributed by atoms with Crippen molar-refractivity contribution in [2.75, 3.05) is 11.4 Å². The molecule has 2 fully saturated rings. The van der Waals surface area contributed by atoms with E-state index in [2.05, 4.69) is 29.6 Å². The number of benzene rings is 3. The van der Waals surface area contributed by atoms with Crippen molar-refractivity contribution in [2.24, 2.45) is 0 Å². The first-order valence-corrected chi connectivity index (χ1v) is 13.2. The van der Waals surface area contributed by atoms with Gasteiger partial charge in [0.15, 0.2) is 0 Å². The number of hydrogen-bond acceptors (Lipinski definition) is 4. The van der Waals surface area contributed by atoms with Crippen LogP contribution in [0.25, 0.3) is 0 Å². The van der Waals surface area contributed by atoms with Gasteiger partial charge in [-0.2, -0.15) is 0 Å². The van der Waals surface area contributed by atoms with Crippen molar-refractivity contribution < 1.29 is 19.4 Å². The van der Waals surface area contributed by atoms with Crippen LogP contribution in [0.5, 0.6) is 0 Å². The quantitative estimate of drug-likeness (QED) is 0.386. The van der Waals surface area contributed by atoms with E-state index in [-0.39, 0.29) is 11.5 Å². The topological polar surface area (TPSA) is 78.9 Å². The molecule has 0 spiro atoms. The first-order chi connectivity index (χ1) is 18.0. The number of hydrogen-bond donors (Lipinski definition) is 2. The Morgan fingerprint density at radius 1 is 0.892 bits per heavy atom. The zero-order valence-electron chi connectivity index (χ0n) is 21.1. The minimum absolute atomic E-state index is 0.172. The summed E-state index contributed by atoms with van der Waals surface area (Å²) in [4.78, 5) is 27.1. The molecule has 0 unspecified atom stereocenters. The van der Waals surface area contributed by atoms with Crippen molar-refractivity contribution in [3.05, 3.63) is 101 Å². The van der Waals surface area contributed by atoms with E-state index in [1.54, 1.807) is 17.0 Å². The molecule has 1 aliphatic carbocycles. The van der Waals surface area contributed by atoms with Crippen LogP contribution in [-0.2, 0) is 22.7 Å². The molecule has 1 heterocycles. The summed E-state index contributed by atoms with van der Waals surface area (Å²) in [5, 5.41) is 12.6. The summed E-state index contributed by atoms with van der Waals surface area (Å²) in [5.41, 5.74) is 3.11. The summed E-state index contributed by atoms with van der Waals surface area (Å²) in [6.45, 7) is 1.39. The smallest absolute Gasteiger partial charge is 0.335 e. The van der Waals surface area contributed by atoms with Crippen LogP contribution in [0.2, 0.25) is 0 Å². The normalized spacial score (nSPS) is 19.7. The second-order valence-electron chi connectivity index (χ2n) is 10.1. The summed E-state index contributed by atoms with van der Waals surface area (Å²) in [6.07, 6.45) is 6.97. The van der Waals surface area contributed by atoms with Crippen LogP contribution in [0.15, 0.2) is 78.9 Å². The van der Waals surface area contributed by atoms with Gasteiger partial charge in [0.1, 0.15) is 0 Å². The van der Waals surface area contributed by atoms with E-state index in [1.807, 2.05) is 30.3 Å². The Hall–Kier alpha value is -3.48. The number of nitrogens with one attached hydrogen (secondary N) is 1. The minimum Gasteiger partial charge on any atom is -0.478 e. The number of carbonyl (C=O) groups excluding carboxylic acids is 1. The van der Waals surface area contributed by atoms with E-state index >= 15 is 0 Å². The van der Waals surface area contributed by atoms with E-state index in [4.69, 9.17) is 4.74 Å².